The van der Waals surface area contributed by atoms with Crippen molar-refractivity contribution in [2.45, 2.75) is 32.9 Å². The molecule has 0 atom stereocenters. The average Bonchev–Trinajstić information content (AvgIpc) is 2.99. The summed E-state index contributed by atoms with van der Waals surface area (Å²) >= 11 is 2.24. The Balaban J connectivity index is 2.08. The summed E-state index contributed by atoms with van der Waals surface area (Å²) in [6.07, 6.45) is -2.48. The van der Waals surface area contributed by atoms with E-state index in [0.717, 1.165) is 18.0 Å². The summed E-state index contributed by atoms with van der Waals surface area (Å²) in [6.45, 7) is 3.28. The molecule has 0 spiro atoms. The van der Waals surface area contributed by atoms with Crippen molar-refractivity contribution in [1.82, 2.24) is 9.97 Å². The van der Waals surface area contributed by atoms with Gasteiger partial charge in [0, 0.05) is 35.7 Å². The molecular formula is C18H17F4N3OS2. The molecule has 150 valence electrons. The lowest BCUT2D eigenvalue weighted by Gasteiger charge is -2.14. The minimum Gasteiger partial charge on any atom is -0.273 e. The fourth-order valence-electron chi connectivity index (χ4n) is 2.15. The Morgan fingerprint density at radius 1 is 1.32 bits per heavy atom. The Bertz CT molecular complexity index is 887. The summed E-state index contributed by atoms with van der Waals surface area (Å²) in [4.78, 5) is 22.0. The fourth-order valence-corrected chi connectivity index (χ4v) is 4.07. The van der Waals surface area contributed by atoms with Crippen molar-refractivity contribution in [1.29, 1.82) is 0 Å². The third-order valence-electron chi connectivity index (χ3n) is 3.39. The summed E-state index contributed by atoms with van der Waals surface area (Å²) in [5.74, 6) is 2.00. The first-order chi connectivity index (χ1) is 13.2. The molecular weight excluding hydrogens is 414 g/mol. The topological polar surface area (TPSA) is 46.1 Å². The maximum Gasteiger partial charge on any atom is 0.389 e. The molecule has 2 rings (SSSR count). The minimum absolute atomic E-state index is 0.0470. The predicted octanol–water partition coefficient (Wildman–Crippen LogP) is 5.04. The van der Waals surface area contributed by atoms with Gasteiger partial charge in [0.2, 0.25) is 5.91 Å². The number of hydrogen-bond donors (Lipinski definition) is 0. The predicted molar refractivity (Wildman–Crippen MR) is 104 cm³/mol. The van der Waals surface area contributed by atoms with E-state index in [9.17, 15) is 22.4 Å². The standard InChI is InChI=1S/C18H17F4N3OS2/c1-3-6-25(15(26)4-7-27-8-5-18(20,21)22)17-12(2)24-16(28-17)13-9-14(19)11-23-10-13/h9-11H,4-5,7-8H2,1-2H3. The second-order valence-corrected chi connectivity index (χ2v) is 7.82. The number of nitrogens with zero attached hydrogens (tertiary/aromatic N) is 3. The summed E-state index contributed by atoms with van der Waals surface area (Å²) in [6, 6.07) is 4.00. The fraction of sp³-hybridized carbons (Fsp3) is 0.389. The minimum atomic E-state index is -4.20. The van der Waals surface area contributed by atoms with Crippen LogP contribution in [0.4, 0.5) is 22.6 Å². The summed E-state index contributed by atoms with van der Waals surface area (Å²) < 4.78 is 49.9. The van der Waals surface area contributed by atoms with E-state index in [2.05, 4.69) is 21.9 Å². The van der Waals surface area contributed by atoms with E-state index < -0.39 is 18.4 Å². The van der Waals surface area contributed by atoms with E-state index >= 15 is 0 Å². The monoisotopic (exact) mass is 431 g/mol. The Kier molecular flexibility index (Phi) is 7.83. The smallest absolute Gasteiger partial charge is 0.273 e. The number of halogens is 4. The third kappa shape index (κ3) is 6.49. The lowest BCUT2D eigenvalue weighted by molar-refractivity contribution is -0.129. The molecule has 0 saturated carbocycles. The van der Waals surface area contributed by atoms with Crippen LogP contribution in [0.3, 0.4) is 0 Å². The summed E-state index contributed by atoms with van der Waals surface area (Å²) in [5, 5.41) is 0.994. The largest absolute Gasteiger partial charge is 0.389 e. The molecule has 0 aliphatic carbocycles. The zero-order valence-electron chi connectivity index (χ0n) is 15.1. The number of alkyl halides is 3. The van der Waals surface area contributed by atoms with E-state index in [1.54, 1.807) is 13.8 Å². The van der Waals surface area contributed by atoms with Crippen molar-refractivity contribution in [3.63, 3.8) is 0 Å². The van der Waals surface area contributed by atoms with Crippen molar-refractivity contribution >= 4 is 34.0 Å². The molecule has 0 N–H and O–H groups in total. The van der Waals surface area contributed by atoms with Crippen LogP contribution < -0.4 is 4.90 Å². The second-order valence-electron chi connectivity index (χ2n) is 5.62. The average molecular weight is 431 g/mol. The van der Waals surface area contributed by atoms with Gasteiger partial charge in [-0.25, -0.2) is 14.3 Å². The van der Waals surface area contributed by atoms with E-state index in [1.165, 1.54) is 28.5 Å². The molecule has 0 saturated heterocycles. The van der Waals surface area contributed by atoms with Gasteiger partial charge in [0.25, 0.3) is 0 Å². The molecule has 0 aliphatic heterocycles. The van der Waals surface area contributed by atoms with Crippen LogP contribution in [0.2, 0.25) is 0 Å². The van der Waals surface area contributed by atoms with Crippen LogP contribution in [0.5, 0.6) is 0 Å². The highest BCUT2D eigenvalue weighted by molar-refractivity contribution is 7.99. The van der Waals surface area contributed by atoms with Crippen molar-refractivity contribution in [3.8, 4) is 22.5 Å². The summed E-state index contributed by atoms with van der Waals surface area (Å²) in [7, 11) is 0. The van der Waals surface area contributed by atoms with Gasteiger partial charge >= 0.3 is 6.18 Å². The van der Waals surface area contributed by atoms with E-state index in [0.29, 0.717) is 21.3 Å². The first-order valence-electron chi connectivity index (χ1n) is 8.19. The quantitative estimate of drug-likeness (QED) is 0.267. The molecule has 2 aromatic rings. The SMILES string of the molecule is CC#CN(C(=O)CCSCCC(F)(F)F)c1sc(-c2cncc(F)c2)nc1C. The molecule has 4 nitrogen and oxygen atoms in total. The van der Waals surface area contributed by atoms with Gasteiger partial charge < -0.3 is 0 Å². The zero-order valence-corrected chi connectivity index (χ0v) is 16.8. The molecule has 10 heteroatoms. The Morgan fingerprint density at radius 2 is 2.07 bits per heavy atom. The molecule has 0 fully saturated rings. The number of rotatable bonds is 7. The van der Waals surface area contributed by atoms with Gasteiger partial charge in [-0.2, -0.15) is 24.9 Å². The van der Waals surface area contributed by atoms with E-state index in [4.69, 9.17) is 0 Å². The van der Waals surface area contributed by atoms with Gasteiger partial charge in [-0.3, -0.25) is 9.78 Å². The number of thioether (sulfide) groups is 1. The number of carbonyl (C=O) groups is 1. The molecule has 0 aromatic carbocycles. The Hall–Kier alpha value is -2.12. The highest BCUT2D eigenvalue weighted by Crippen LogP contribution is 2.34. The number of aryl methyl sites for hydroxylation is 1. The van der Waals surface area contributed by atoms with E-state index in [1.807, 2.05) is 0 Å². The first-order valence-corrected chi connectivity index (χ1v) is 10.2. The molecule has 2 heterocycles. The van der Waals surface area contributed by atoms with Crippen molar-refractivity contribution in [3.05, 3.63) is 30.0 Å². The van der Waals surface area contributed by atoms with Gasteiger partial charge in [0.1, 0.15) is 15.8 Å². The van der Waals surface area contributed by atoms with Gasteiger partial charge in [0.05, 0.1) is 18.3 Å². The molecule has 0 bridgehead atoms. The summed E-state index contributed by atoms with van der Waals surface area (Å²) in [5.41, 5.74) is 1.03. The van der Waals surface area contributed by atoms with Gasteiger partial charge in [-0.15, -0.1) is 0 Å². The van der Waals surface area contributed by atoms with E-state index in [-0.39, 0.29) is 23.8 Å². The molecule has 0 unspecified atom stereocenters. The second kappa shape index (κ2) is 9.89. The van der Waals surface area contributed by atoms with Gasteiger partial charge in [-0.05, 0) is 19.9 Å². The number of anilines is 1. The Labute approximate surface area is 168 Å². The van der Waals surface area contributed by atoms with Crippen molar-refractivity contribution < 1.29 is 22.4 Å². The Morgan fingerprint density at radius 3 is 2.71 bits per heavy atom. The van der Waals surface area contributed by atoms with Gasteiger partial charge in [-0.1, -0.05) is 17.3 Å². The van der Waals surface area contributed by atoms with Crippen LogP contribution in [0.1, 0.15) is 25.5 Å². The highest BCUT2D eigenvalue weighted by Gasteiger charge is 2.26. The zero-order chi connectivity index (χ0) is 20.7. The number of amides is 1. The normalized spacial score (nSPS) is 11.1. The molecule has 28 heavy (non-hydrogen) atoms. The van der Waals surface area contributed by atoms with Crippen LogP contribution in [-0.2, 0) is 4.79 Å². The molecule has 1 amide bonds. The third-order valence-corrected chi connectivity index (χ3v) is 5.57. The first kappa shape index (κ1) is 22.2. The maximum absolute atomic E-state index is 13.4. The maximum atomic E-state index is 13.4. The highest BCUT2D eigenvalue weighted by atomic mass is 32.2. The van der Waals surface area contributed by atoms with Crippen LogP contribution in [0.15, 0.2) is 18.5 Å². The van der Waals surface area contributed by atoms with Crippen LogP contribution in [0, 0.1) is 24.7 Å². The number of pyridine rings is 1. The number of carbonyl (C=O) groups excluding carboxylic acids is 1. The molecule has 0 radical (unpaired) electrons. The van der Waals surface area contributed by atoms with Crippen LogP contribution >= 0.6 is 23.1 Å². The number of thiazole rings is 1. The van der Waals surface area contributed by atoms with Crippen molar-refractivity contribution in [2.24, 2.45) is 0 Å². The van der Waals surface area contributed by atoms with Gasteiger partial charge in [0.15, 0.2) is 0 Å². The molecule has 2 aromatic heterocycles. The number of aromatic nitrogens is 2. The van der Waals surface area contributed by atoms with Crippen LogP contribution in [0.25, 0.3) is 10.6 Å². The lowest BCUT2D eigenvalue weighted by atomic mass is 10.3. The van der Waals surface area contributed by atoms with Crippen LogP contribution in [-0.4, -0.2) is 33.6 Å². The van der Waals surface area contributed by atoms with Crippen molar-refractivity contribution in [2.75, 3.05) is 16.4 Å². The molecule has 0 aliphatic rings. The lowest BCUT2D eigenvalue weighted by Crippen LogP contribution is -2.26. The number of hydrogen-bond acceptors (Lipinski definition) is 5.